The first kappa shape index (κ1) is 14.5. The zero-order valence-electron chi connectivity index (χ0n) is 12.8. The van der Waals surface area contributed by atoms with Gasteiger partial charge >= 0.3 is 0 Å². The molecule has 3 aromatic rings. The van der Waals surface area contributed by atoms with Gasteiger partial charge in [-0.05, 0) is 12.1 Å². The molecule has 0 spiro atoms. The van der Waals surface area contributed by atoms with Crippen molar-refractivity contribution in [2.45, 2.75) is 13.0 Å². The quantitative estimate of drug-likeness (QED) is 0.591. The molecule has 4 rings (SSSR count). The van der Waals surface area contributed by atoms with Crippen molar-refractivity contribution in [3.8, 4) is 17.1 Å². The second-order valence-corrected chi connectivity index (χ2v) is 5.61. The minimum Gasteiger partial charge on any atom is -0.312 e. The van der Waals surface area contributed by atoms with Gasteiger partial charge in [-0.3, -0.25) is 10.1 Å². The first-order valence-corrected chi connectivity index (χ1v) is 7.72. The van der Waals surface area contributed by atoms with Crippen molar-refractivity contribution in [2.24, 2.45) is 0 Å². The van der Waals surface area contributed by atoms with Gasteiger partial charge in [0.25, 0.3) is 5.69 Å². The lowest BCUT2D eigenvalue weighted by Gasteiger charge is -2.15. The second-order valence-electron chi connectivity index (χ2n) is 5.61. The van der Waals surface area contributed by atoms with Crippen molar-refractivity contribution in [3.05, 3.63) is 70.0 Å². The van der Waals surface area contributed by atoms with E-state index in [0.29, 0.717) is 6.54 Å². The Morgan fingerprint density at radius 3 is 2.92 bits per heavy atom. The summed E-state index contributed by atoms with van der Waals surface area (Å²) in [7, 11) is 0. The zero-order chi connectivity index (χ0) is 16.5. The number of hydrogen-bond acceptors (Lipinski definition) is 5. The molecule has 1 aliphatic rings. The Kier molecular flexibility index (Phi) is 3.55. The van der Waals surface area contributed by atoms with Crippen molar-refractivity contribution in [3.63, 3.8) is 0 Å². The van der Waals surface area contributed by atoms with Gasteiger partial charge in [-0.1, -0.05) is 18.2 Å². The Balaban J connectivity index is 1.89. The smallest absolute Gasteiger partial charge is 0.270 e. The number of benzene rings is 1. The van der Waals surface area contributed by atoms with Crippen molar-refractivity contribution in [1.82, 2.24) is 20.1 Å². The minimum atomic E-state index is -0.385. The maximum absolute atomic E-state index is 11.1. The zero-order valence-corrected chi connectivity index (χ0v) is 12.8. The summed E-state index contributed by atoms with van der Waals surface area (Å²) in [5.41, 5.74) is 3.77. The average Bonchev–Trinajstić information content (AvgIpc) is 3.02. The molecular formula is C17H15N5O2. The molecule has 0 saturated heterocycles. The topological polar surface area (TPSA) is 85.9 Å². The third kappa shape index (κ3) is 2.44. The number of rotatable bonds is 3. The molecule has 2 aromatic heterocycles. The van der Waals surface area contributed by atoms with Gasteiger partial charge in [-0.25, -0.2) is 9.67 Å². The van der Waals surface area contributed by atoms with Crippen LogP contribution in [0.15, 0.2) is 48.7 Å². The number of non-ortho nitro benzene ring substituents is 1. The van der Waals surface area contributed by atoms with E-state index >= 15 is 0 Å². The van der Waals surface area contributed by atoms with Crippen LogP contribution < -0.4 is 5.32 Å². The van der Waals surface area contributed by atoms with E-state index in [-0.39, 0.29) is 10.6 Å². The fourth-order valence-electron chi connectivity index (χ4n) is 3.02. The van der Waals surface area contributed by atoms with Crippen LogP contribution in [0.5, 0.6) is 0 Å². The van der Waals surface area contributed by atoms with Gasteiger partial charge in [0.05, 0.1) is 16.3 Å². The van der Waals surface area contributed by atoms with E-state index in [2.05, 4.69) is 10.3 Å². The van der Waals surface area contributed by atoms with Crippen LogP contribution in [-0.2, 0) is 13.0 Å². The predicted molar refractivity (Wildman–Crippen MR) is 88.9 cm³/mol. The lowest BCUT2D eigenvalue weighted by atomic mass is 10.0. The molecule has 1 N–H and O–H groups in total. The first-order chi connectivity index (χ1) is 11.7. The van der Waals surface area contributed by atoms with Gasteiger partial charge in [0.15, 0.2) is 5.82 Å². The molecule has 0 fully saturated rings. The van der Waals surface area contributed by atoms with Crippen molar-refractivity contribution < 1.29 is 4.92 Å². The number of hydrogen-bond donors (Lipinski definition) is 1. The standard InChI is InChI=1S/C17H15N5O2/c23-22(24)13-5-3-4-12(10-13)17-14-11-18-9-7-15(14)21(20-17)16-6-1-2-8-19-16/h1-6,8,10,18H,7,9,11H2. The summed E-state index contributed by atoms with van der Waals surface area (Å²) in [6, 6.07) is 12.3. The van der Waals surface area contributed by atoms with Crippen LogP contribution in [0.1, 0.15) is 11.3 Å². The molecule has 0 amide bonds. The van der Waals surface area contributed by atoms with E-state index < -0.39 is 0 Å². The van der Waals surface area contributed by atoms with Crippen molar-refractivity contribution in [1.29, 1.82) is 0 Å². The second kappa shape index (κ2) is 5.86. The van der Waals surface area contributed by atoms with E-state index in [9.17, 15) is 10.1 Å². The highest BCUT2D eigenvalue weighted by Crippen LogP contribution is 2.30. The first-order valence-electron chi connectivity index (χ1n) is 7.72. The largest absolute Gasteiger partial charge is 0.312 e. The van der Waals surface area contributed by atoms with Crippen LogP contribution in [-0.4, -0.2) is 26.2 Å². The van der Waals surface area contributed by atoms with E-state index in [1.165, 1.54) is 6.07 Å². The Hall–Kier alpha value is -3.06. The van der Waals surface area contributed by atoms with Crippen LogP contribution in [0, 0.1) is 10.1 Å². The summed E-state index contributed by atoms with van der Waals surface area (Å²) in [6.45, 7) is 1.57. The van der Waals surface area contributed by atoms with Crippen LogP contribution in [0.3, 0.4) is 0 Å². The van der Waals surface area contributed by atoms with Crippen LogP contribution in [0.4, 0.5) is 5.69 Å². The Morgan fingerprint density at radius 2 is 2.12 bits per heavy atom. The summed E-state index contributed by atoms with van der Waals surface area (Å²) < 4.78 is 1.85. The lowest BCUT2D eigenvalue weighted by molar-refractivity contribution is -0.384. The number of fused-ring (bicyclic) bond motifs is 1. The Labute approximate surface area is 138 Å². The summed E-state index contributed by atoms with van der Waals surface area (Å²) in [5.74, 6) is 0.757. The van der Waals surface area contributed by atoms with E-state index in [1.54, 1.807) is 18.3 Å². The normalized spacial score (nSPS) is 13.5. The SMILES string of the molecule is O=[N+]([O-])c1cccc(-c2nn(-c3ccccn3)c3c2CNCC3)c1. The molecule has 24 heavy (non-hydrogen) atoms. The molecule has 7 heteroatoms. The third-order valence-corrected chi connectivity index (χ3v) is 4.13. The number of nitrogens with one attached hydrogen (secondary N) is 1. The third-order valence-electron chi connectivity index (χ3n) is 4.13. The molecule has 0 radical (unpaired) electrons. The molecule has 0 atom stereocenters. The molecule has 7 nitrogen and oxygen atoms in total. The fourth-order valence-corrected chi connectivity index (χ4v) is 3.02. The van der Waals surface area contributed by atoms with Gasteiger partial charge in [0.2, 0.25) is 0 Å². The summed E-state index contributed by atoms with van der Waals surface area (Å²) in [5, 5.41) is 19.1. The number of nitro benzene ring substituents is 1. The monoisotopic (exact) mass is 321 g/mol. The van der Waals surface area contributed by atoms with Gasteiger partial charge in [-0.2, -0.15) is 5.10 Å². The van der Waals surface area contributed by atoms with Crippen LogP contribution >= 0.6 is 0 Å². The molecular weight excluding hydrogens is 306 g/mol. The summed E-state index contributed by atoms with van der Waals surface area (Å²) in [4.78, 5) is 15.1. The number of nitro groups is 1. The van der Waals surface area contributed by atoms with Gasteiger partial charge in [0, 0.05) is 49.0 Å². The van der Waals surface area contributed by atoms with Crippen LogP contribution in [0.25, 0.3) is 17.1 Å². The molecule has 0 saturated carbocycles. The van der Waals surface area contributed by atoms with Crippen LogP contribution in [0.2, 0.25) is 0 Å². The molecule has 0 aliphatic carbocycles. The lowest BCUT2D eigenvalue weighted by Crippen LogP contribution is -2.24. The maximum atomic E-state index is 11.1. The highest BCUT2D eigenvalue weighted by atomic mass is 16.6. The minimum absolute atomic E-state index is 0.0670. The van der Waals surface area contributed by atoms with Gasteiger partial charge < -0.3 is 5.32 Å². The average molecular weight is 321 g/mol. The van der Waals surface area contributed by atoms with E-state index in [4.69, 9.17) is 5.10 Å². The van der Waals surface area contributed by atoms with Gasteiger partial charge in [0.1, 0.15) is 0 Å². The number of pyridine rings is 1. The molecule has 3 heterocycles. The Bertz CT molecular complexity index is 905. The predicted octanol–water partition coefficient (Wildman–Crippen LogP) is 2.49. The van der Waals surface area contributed by atoms with E-state index in [0.717, 1.165) is 41.3 Å². The van der Waals surface area contributed by atoms with Crippen molar-refractivity contribution >= 4 is 5.69 Å². The highest BCUT2D eigenvalue weighted by Gasteiger charge is 2.23. The Morgan fingerprint density at radius 1 is 1.21 bits per heavy atom. The highest BCUT2D eigenvalue weighted by molar-refractivity contribution is 5.67. The summed E-state index contributed by atoms with van der Waals surface area (Å²) in [6.07, 6.45) is 2.57. The fraction of sp³-hybridized carbons (Fsp3) is 0.176. The van der Waals surface area contributed by atoms with Gasteiger partial charge in [-0.15, -0.1) is 0 Å². The van der Waals surface area contributed by atoms with Crippen molar-refractivity contribution in [2.75, 3.05) is 6.54 Å². The molecule has 1 aromatic carbocycles. The van der Waals surface area contributed by atoms with E-state index in [1.807, 2.05) is 28.9 Å². The summed E-state index contributed by atoms with van der Waals surface area (Å²) >= 11 is 0. The maximum Gasteiger partial charge on any atom is 0.270 e. The molecule has 120 valence electrons. The molecule has 0 unspecified atom stereocenters. The number of nitrogens with zero attached hydrogens (tertiary/aromatic N) is 4. The molecule has 0 bridgehead atoms. The number of aromatic nitrogens is 3. The molecule has 1 aliphatic heterocycles.